The number of hydrogen-bond donors (Lipinski definition) is 1. The maximum absolute atomic E-state index is 13.7. The van der Waals surface area contributed by atoms with Gasteiger partial charge < -0.3 is 9.47 Å². The summed E-state index contributed by atoms with van der Waals surface area (Å²) in [5.41, 5.74) is 2.38. The first-order chi connectivity index (χ1) is 16.3. The molecule has 0 radical (unpaired) electrons. The molecule has 4 rings (SSSR count). The average molecular weight is 487 g/mol. The van der Waals surface area contributed by atoms with Crippen molar-refractivity contribution >= 4 is 27.8 Å². The predicted molar refractivity (Wildman–Crippen MR) is 121 cm³/mol. The van der Waals surface area contributed by atoms with Crippen LogP contribution in [0.4, 0.5) is 14.5 Å². The first-order valence-electron chi connectivity index (χ1n) is 10.1. The van der Waals surface area contributed by atoms with Crippen LogP contribution in [0.2, 0.25) is 0 Å². The molecule has 11 heteroatoms. The largest absolute Gasteiger partial charge is 0.486 e. The van der Waals surface area contributed by atoms with Gasteiger partial charge in [-0.15, -0.1) is 0 Å². The minimum atomic E-state index is -4.28. The molecule has 0 saturated carbocycles. The lowest BCUT2D eigenvalue weighted by Crippen LogP contribution is -2.39. The highest BCUT2D eigenvalue weighted by Crippen LogP contribution is 2.34. The molecule has 1 aliphatic heterocycles. The van der Waals surface area contributed by atoms with Crippen molar-refractivity contribution in [3.8, 4) is 11.5 Å². The maximum atomic E-state index is 13.7. The molecule has 0 atom stereocenters. The van der Waals surface area contributed by atoms with Gasteiger partial charge in [0.2, 0.25) is 0 Å². The van der Waals surface area contributed by atoms with Crippen LogP contribution in [-0.2, 0) is 14.8 Å². The van der Waals surface area contributed by atoms with E-state index < -0.39 is 34.1 Å². The lowest BCUT2D eigenvalue weighted by atomic mass is 10.2. The Bertz CT molecular complexity index is 1330. The Balaban J connectivity index is 1.60. The number of halogens is 2. The number of nitrogens with one attached hydrogen (secondary N) is 1. The third kappa shape index (κ3) is 5.15. The molecule has 1 aliphatic rings. The number of carbonyl (C=O) groups is 1. The number of ether oxygens (including phenoxy) is 2. The second-order valence-electron chi connectivity index (χ2n) is 7.11. The number of fused-ring (bicyclic) bond motifs is 1. The topological polar surface area (TPSA) is 97.3 Å². The van der Waals surface area contributed by atoms with Gasteiger partial charge in [0.05, 0.1) is 16.8 Å². The van der Waals surface area contributed by atoms with Crippen LogP contribution in [0.3, 0.4) is 0 Å². The number of rotatable bonds is 7. The van der Waals surface area contributed by atoms with Gasteiger partial charge in [-0.25, -0.2) is 22.6 Å². The second-order valence-corrected chi connectivity index (χ2v) is 8.97. The summed E-state index contributed by atoms with van der Waals surface area (Å²) in [7, 11) is -4.28. The summed E-state index contributed by atoms with van der Waals surface area (Å²) in [5.74, 6) is -1.24. The number of carbonyl (C=O) groups excluding carboxylic acids is 1. The Morgan fingerprint density at radius 1 is 1.00 bits per heavy atom. The van der Waals surface area contributed by atoms with Gasteiger partial charge in [-0.1, -0.05) is 18.2 Å². The Hall–Kier alpha value is -3.99. The van der Waals surface area contributed by atoms with Crippen LogP contribution >= 0.6 is 0 Å². The number of hydrogen-bond acceptors (Lipinski definition) is 6. The smallest absolute Gasteiger partial charge is 0.264 e. The standard InChI is InChI=1S/C23H19F2N3O5S/c24-17-5-7-18(8-6-17)28(15-23(29)27-26-14-16-3-1-2-4-20(16)25)34(30,31)19-9-10-21-22(13-19)33-12-11-32-21/h1-10,13-14H,11-12,15H2,(H,27,29)/b26-14-. The third-order valence-corrected chi connectivity index (χ3v) is 6.57. The molecule has 8 nitrogen and oxygen atoms in total. The normalized spacial score (nSPS) is 13.0. The van der Waals surface area contributed by atoms with Gasteiger partial charge in [-0.2, -0.15) is 5.10 Å². The predicted octanol–water partition coefficient (Wildman–Crippen LogP) is 3.08. The zero-order chi connectivity index (χ0) is 24.1. The van der Waals surface area contributed by atoms with Crippen molar-refractivity contribution < 1.29 is 31.5 Å². The van der Waals surface area contributed by atoms with E-state index in [1.165, 1.54) is 48.5 Å². The molecule has 1 N–H and O–H groups in total. The van der Waals surface area contributed by atoms with E-state index in [0.29, 0.717) is 12.4 Å². The van der Waals surface area contributed by atoms with E-state index in [2.05, 4.69) is 10.5 Å². The molecule has 34 heavy (non-hydrogen) atoms. The van der Waals surface area contributed by atoms with Crippen LogP contribution in [0.1, 0.15) is 5.56 Å². The zero-order valence-corrected chi connectivity index (χ0v) is 18.5. The van der Waals surface area contributed by atoms with Crippen molar-refractivity contribution in [1.82, 2.24) is 5.43 Å². The van der Waals surface area contributed by atoms with Crippen molar-refractivity contribution in [1.29, 1.82) is 0 Å². The van der Waals surface area contributed by atoms with Crippen LogP contribution in [0.15, 0.2) is 76.7 Å². The lowest BCUT2D eigenvalue weighted by molar-refractivity contribution is -0.119. The first-order valence-corrected chi connectivity index (χ1v) is 11.5. The van der Waals surface area contributed by atoms with Crippen molar-refractivity contribution in [2.24, 2.45) is 5.10 Å². The molecule has 0 aliphatic carbocycles. The monoisotopic (exact) mass is 487 g/mol. The molecule has 1 amide bonds. The van der Waals surface area contributed by atoms with Gasteiger partial charge >= 0.3 is 0 Å². The van der Waals surface area contributed by atoms with Crippen molar-refractivity contribution in [2.45, 2.75) is 4.90 Å². The van der Waals surface area contributed by atoms with E-state index in [4.69, 9.17) is 9.47 Å². The second kappa shape index (κ2) is 9.87. The minimum absolute atomic E-state index is 0.0597. The van der Waals surface area contributed by atoms with E-state index in [1.807, 2.05) is 0 Å². The number of amides is 1. The quantitative estimate of drug-likeness (QED) is 0.408. The summed E-state index contributed by atoms with van der Waals surface area (Å²) in [6.45, 7) is -0.0635. The highest BCUT2D eigenvalue weighted by atomic mass is 32.2. The Morgan fingerprint density at radius 2 is 1.71 bits per heavy atom. The van der Waals surface area contributed by atoms with E-state index in [-0.39, 0.29) is 28.5 Å². The van der Waals surface area contributed by atoms with Gasteiger partial charge in [0.1, 0.15) is 31.4 Å². The molecule has 0 unspecified atom stereocenters. The molecule has 0 bridgehead atoms. The van der Waals surface area contributed by atoms with Gasteiger partial charge in [0.25, 0.3) is 15.9 Å². The molecule has 176 valence electrons. The number of benzene rings is 3. The number of sulfonamides is 1. The molecule has 3 aromatic rings. The van der Waals surface area contributed by atoms with Gasteiger partial charge in [0, 0.05) is 11.6 Å². The summed E-state index contributed by atoms with van der Waals surface area (Å²) in [5, 5.41) is 3.69. The van der Waals surface area contributed by atoms with Crippen LogP contribution in [0, 0.1) is 11.6 Å². The molecule has 0 saturated heterocycles. The Kier molecular flexibility index (Phi) is 6.73. The van der Waals surface area contributed by atoms with Crippen molar-refractivity contribution in [3.63, 3.8) is 0 Å². The molecular weight excluding hydrogens is 468 g/mol. The van der Waals surface area contributed by atoms with Crippen LogP contribution < -0.4 is 19.2 Å². The summed E-state index contributed by atoms with van der Waals surface area (Å²) < 4.78 is 65.7. The van der Waals surface area contributed by atoms with E-state index >= 15 is 0 Å². The summed E-state index contributed by atoms with van der Waals surface area (Å²) in [6, 6.07) is 14.5. The lowest BCUT2D eigenvalue weighted by Gasteiger charge is -2.25. The fraction of sp³-hybridized carbons (Fsp3) is 0.130. The first kappa shape index (κ1) is 23.2. The number of hydrazone groups is 1. The summed E-state index contributed by atoms with van der Waals surface area (Å²) >= 11 is 0. The fourth-order valence-electron chi connectivity index (χ4n) is 3.15. The van der Waals surface area contributed by atoms with Crippen molar-refractivity contribution in [2.75, 3.05) is 24.1 Å². The van der Waals surface area contributed by atoms with Gasteiger partial charge in [-0.05, 0) is 42.5 Å². The van der Waals surface area contributed by atoms with Crippen LogP contribution in [0.25, 0.3) is 0 Å². The van der Waals surface area contributed by atoms with Gasteiger partial charge in [0.15, 0.2) is 11.5 Å². The van der Waals surface area contributed by atoms with Crippen molar-refractivity contribution in [3.05, 3.63) is 83.9 Å². The highest BCUT2D eigenvalue weighted by molar-refractivity contribution is 7.92. The zero-order valence-electron chi connectivity index (χ0n) is 17.6. The van der Waals surface area contributed by atoms with Gasteiger partial charge in [-0.3, -0.25) is 9.10 Å². The minimum Gasteiger partial charge on any atom is -0.486 e. The summed E-state index contributed by atoms with van der Waals surface area (Å²) in [4.78, 5) is 12.4. The van der Waals surface area contributed by atoms with E-state index in [0.717, 1.165) is 22.7 Å². The van der Waals surface area contributed by atoms with E-state index in [1.54, 1.807) is 6.07 Å². The Morgan fingerprint density at radius 3 is 2.44 bits per heavy atom. The maximum Gasteiger partial charge on any atom is 0.264 e. The van der Waals surface area contributed by atoms with Crippen LogP contribution in [-0.4, -0.2) is 40.3 Å². The van der Waals surface area contributed by atoms with E-state index in [9.17, 15) is 22.0 Å². The third-order valence-electron chi connectivity index (χ3n) is 4.80. The molecule has 3 aromatic carbocycles. The highest BCUT2D eigenvalue weighted by Gasteiger charge is 2.29. The Labute approximate surface area is 194 Å². The molecule has 0 spiro atoms. The fourth-order valence-corrected chi connectivity index (χ4v) is 4.59. The van der Waals surface area contributed by atoms with Crippen LogP contribution in [0.5, 0.6) is 11.5 Å². The SMILES string of the molecule is O=C(CN(c1ccc(F)cc1)S(=O)(=O)c1ccc2c(c1)OCCO2)N/N=C\c1ccccc1F. The number of anilines is 1. The average Bonchev–Trinajstić information content (AvgIpc) is 2.84. The molecular formula is C23H19F2N3O5S. The number of nitrogens with zero attached hydrogens (tertiary/aromatic N) is 2. The summed E-state index contributed by atoms with van der Waals surface area (Å²) in [6.07, 6.45) is 1.10. The molecule has 1 heterocycles. The molecule has 0 fully saturated rings. The molecule has 0 aromatic heterocycles.